The van der Waals surface area contributed by atoms with Crippen molar-refractivity contribution in [1.29, 1.82) is 0 Å². The van der Waals surface area contributed by atoms with Gasteiger partial charge in [-0.25, -0.2) is 0 Å². The molecule has 2 heteroatoms. The molecule has 2 nitrogen and oxygen atoms in total. The van der Waals surface area contributed by atoms with Gasteiger partial charge in [-0.3, -0.25) is 0 Å². The van der Waals surface area contributed by atoms with E-state index >= 15 is 0 Å². The van der Waals surface area contributed by atoms with Crippen LogP contribution in [0.3, 0.4) is 0 Å². The molecule has 1 saturated carbocycles. The van der Waals surface area contributed by atoms with Gasteiger partial charge in [-0.15, -0.1) is 0 Å². The van der Waals surface area contributed by atoms with E-state index in [0.717, 1.165) is 0 Å². The summed E-state index contributed by atoms with van der Waals surface area (Å²) in [6, 6.07) is -0.0417. The van der Waals surface area contributed by atoms with Crippen LogP contribution in [0.2, 0.25) is 0 Å². The Kier molecular flexibility index (Phi) is 1.81. The largest absolute Gasteiger partial charge is 0.395 e. The summed E-state index contributed by atoms with van der Waals surface area (Å²) in [4.78, 5) is 0. The quantitative estimate of drug-likeness (QED) is 0.628. The maximum atomic E-state index is 8.88. The summed E-state index contributed by atoms with van der Waals surface area (Å²) in [5.41, 5.74) is 6.38. The molecule has 0 aliphatic heterocycles. The fraction of sp³-hybridized carbons (Fsp3) is 1.00. The van der Waals surface area contributed by atoms with Gasteiger partial charge in [0.1, 0.15) is 0 Å². The van der Waals surface area contributed by atoms with Crippen LogP contribution in [0.5, 0.6) is 0 Å². The molecule has 66 valence electrons. The molecule has 1 atom stereocenters. The van der Waals surface area contributed by atoms with E-state index in [2.05, 4.69) is 27.7 Å². The first-order valence-electron chi connectivity index (χ1n) is 4.22. The third-order valence-electron chi connectivity index (χ3n) is 3.77. The zero-order chi connectivity index (χ0) is 8.86. The van der Waals surface area contributed by atoms with Crippen molar-refractivity contribution in [1.82, 2.24) is 0 Å². The molecular weight excluding hydrogens is 138 g/mol. The first-order valence-corrected chi connectivity index (χ1v) is 4.22. The minimum Gasteiger partial charge on any atom is -0.395 e. The van der Waals surface area contributed by atoms with Gasteiger partial charge in [0.15, 0.2) is 0 Å². The Morgan fingerprint density at radius 2 is 1.64 bits per heavy atom. The second-order valence-corrected chi connectivity index (χ2v) is 4.77. The lowest BCUT2D eigenvalue weighted by molar-refractivity contribution is 0.240. The van der Waals surface area contributed by atoms with Crippen molar-refractivity contribution in [2.45, 2.75) is 33.7 Å². The number of hydrogen-bond acceptors (Lipinski definition) is 2. The molecule has 0 heterocycles. The van der Waals surface area contributed by atoms with Gasteiger partial charge in [-0.2, -0.15) is 0 Å². The summed E-state index contributed by atoms with van der Waals surface area (Å²) >= 11 is 0. The molecule has 0 amide bonds. The van der Waals surface area contributed by atoms with Gasteiger partial charge in [0, 0.05) is 6.04 Å². The summed E-state index contributed by atoms with van der Waals surface area (Å²) in [6.45, 7) is 8.97. The Morgan fingerprint density at radius 1 is 1.27 bits per heavy atom. The van der Waals surface area contributed by atoms with E-state index < -0.39 is 0 Å². The average molecular weight is 157 g/mol. The maximum Gasteiger partial charge on any atom is 0.0585 e. The van der Waals surface area contributed by atoms with Crippen LogP contribution in [0.15, 0.2) is 0 Å². The molecule has 1 rings (SSSR count). The summed E-state index contributed by atoms with van der Waals surface area (Å²) in [5.74, 6) is 0.472. The molecule has 0 radical (unpaired) electrons. The van der Waals surface area contributed by atoms with E-state index in [9.17, 15) is 0 Å². The highest BCUT2D eigenvalue weighted by molar-refractivity contribution is 5.15. The molecule has 11 heavy (non-hydrogen) atoms. The van der Waals surface area contributed by atoms with Crippen molar-refractivity contribution in [3.63, 3.8) is 0 Å². The van der Waals surface area contributed by atoms with Crippen LogP contribution in [-0.2, 0) is 0 Å². The Balaban J connectivity index is 2.67. The van der Waals surface area contributed by atoms with Gasteiger partial charge in [0.2, 0.25) is 0 Å². The fourth-order valence-corrected chi connectivity index (χ4v) is 2.42. The SMILES string of the molecule is CC1(C)C(C(N)CO)C1(C)C. The van der Waals surface area contributed by atoms with Gasteiger partial charge in [0.25, 0.3) is 0 Å². The molecule has 1 aliphatic carbocycles. The van der Waals surface area contributed by atoms with E-state index in [1.54, 1.807) is 0 Å². The predicted molar refractivity (Wildman–Crippen MR) is 46.1 cm³/mol. The van der Waals surface area contributed by atoms with Crippen molar-refractivity contribution in [3.05, 3.63) is 0 Å². The molecule has 1 aliphatic rings. The molecule has 0 aromatic rings. The average Bonchev–Trinajstić information content (AvgIpc) is 2.24. The lowest BCUT2D eigenvalue weighted by Crippen LogP contribution is -2.29. The number of aliphatic hydroxyl groups excluding tert-OH is 1. The van der Waals surface area contributed by atoms with E-state index in [1.165, 1.54) is 0 Å². The van der Waals surface area contributed by atoms with Crippen molar-refractivity contribution >= 4 is 0 Å². The number of aliphatic hydroxyl groups is 1. The van der Waals surface area contributed by atoms with Gasteiger partial charge in [-0.1, -0.05) is 27.7 Å². The molecule has 0 aromatic heterocycles. The lowest BCUT2D eigenvalue weighted by Gasteiger charge is -2.08. The summed E-state index contributed by atoms with van der Waals surface area (Å²) in [6.07, 6.45) is 0. The summed E-state index contributed by atoms with van der Waals surface area (Å²) in [5, 5.41) is 8.88. The summed E-state index contributed by atoms with van der Waals surface area (Å²) in [7, 11) is 0. The molecule has 1 unspecified atom stereocenters. The Bertz CT molecular complexity index is 149. The zero-order valence-corrected chi connectivity index (χ0v) is 7.89. The van der Waals surface area contributed by atoms with Gasteiger partial charge in [0.05, 0.1) is 6.61 Å². The second-order valence-electron chi connectivity index (χ2n) is 4.77. The van der Waals surface area contributed by atoms with Gasteiger partial charge >= 0.3 is 0 Å². The van der Waals surface area contributed by atoms with Gasteiger partial charge < -0.3 is 10.8 Å². The molecular formula is C9H19NO. The monoisotopic (exact) mass is 157 g/mol. The third kappa shape index (κ3) is 1.00. The number of rotatable bonds is 2. The Labute approximate surface area is 68.8 Å². The summed E-state index contributed by atoms with van der Waals surface area (Å²) < 4.78 is 0. The van der Waals surface area contributed by atoms with E-state index in [4.69, 9.17) is 10.8 Å². The van der Waals surface area contributed by atoms with Crippen LogP contribution >= 0.6 is 0 Å². The molecule has 0 aromatic carbocycles. The third-order valence-corrected chi connectivity index (χ3v) is 3.77. The first-order chi connectivity index (χ1) is 4.85. The molecule has 1 fully saturated rings. The Morgan fingerprint density at radius 3 is 1.73 bits per heavy atom. The second kappa shape index (κ2) is 2.20. The van der Waals surface area contributed by atoms with Crippen molar-refractivity contribution in [3.8, 4) is 0 Å². The van der Waals surface area contributed by atoms with Crippen LogP contribution in [0.1, 0.15) is 27.7 Å². The Hall–Kier alpha value is -0.0800. The highest BCUT2D eigenvalue weighted by atomic mass is 16.3. The zero-order valence-electron chi connectivity index (χ0n) is 7.89. The van der Waals surface area contributed by atoms with Gasteiger partial charge in [-0.05, 0) is 16.7 Å². The van der Waals surface area contributed by atoms with E-state index in [0.29, 0.717) is 16.7 Å². The van der Waals surface area contributed by atoms with Crippen LogP contribution in [0.25, 0.3) is 0 Å². The molecule has 0 bridgehead atoms. The smallest absolute Gasteiger partial charge is 0.0585 e. The lowest BCUT2D eigenvalue weighted by atomic mass is 10.0. The highest BCUT2D eigenvalue weighted by Crippen LogP contribution is 2.69. The number of nitrogens with two attached hydrogens (primary N) is 1. The molecule has 3 N–H and O–H groups in total. The fourth-order valence-electron chi connectivity index (χ4n) is 2.42. The minimum absolute atomic E-state index is 0.0417. The van der Waals surface area contributed by atoms with Crippen molar-refractivity contribution in [2.24, 2.45) is 22.5 Å². The van der Waals surface area contributed by atoms with E-state index in [1.807, 2.05) is 0 Å². The van der Waals surface area contributed by atoms with Crippen LogP contribution in [0, 0.1) is 16.7 Å². The van der Waals surface area contributed by atoms with E-state index in [-0.39, 0.29) is 12.6 Å². The van der Waals surface area contributed by atoms with Crippen LogP contribution < -0.4 is 5.73 Å². The number of hydrogen-bond donors (Lipinski definition) is 2. The highest BCUT2D eigenvalue weighted by Gasteiger charge is 2.66. The standard InChI is InChI=1S/C9H19NO/c1-8(2)7(6(10)5-11)9(8,3)4/h6-7,11H,5,10H2,1-4H3. The maximum absolute atomic E-state index is 8.88. The van der Waals surface area contributed by atoms with Crippen LogP contribution in [0.4, 0.5) is 0 Å². The van der Waals surface area contributed by atoms with Crippen molar-refractivity contribution in [2.75, 3.05) is 6.61 Å². The minimum atomic E-state index is -0.0417. The van der Waals surface area contributed by atoms with Crippen molar-refractivity contribution < 1.29 is 5.11 Å². The predicted octanol–water partition coefficient (Wildman–Crippen LogP) is 0.988. The molecule has 0 spiro atoms. The topological polar surface area (TPSA) is 46.2 Å². The molecule has 0 saturated heterocycles. The van der Waals surface area contributed by atoms with Crippen LogP contribution in [-0.4, -0.2) is 17.8 Å². The normalized spacial score (nSPS) is 30.0. The first kappa shape index (κ1) is 9.01.